The van der Waals surface area contributed by atoms with Crippen LogP contribution in [0.5, 0.6) is 0 Å². The fourth-order valence-electron chi connectivity index (χ4n) is 3.60. The Bertz CT molecular complexity index is 888. The number of nitrogens with zero attached hydrogens (tertiary/aromatic N) is 2. The summed E-state index contributed by atoms with van der Waals surface area (Å²) in [6.45, 7) is 1.53. The van der Waals surface area contributed by atoms with E-state index in [0.29, 0.717) is 31.7 Å². The number of aromatic nitrogens is 2. The van der Waals surface area contributed by atoms with Gasteiger partial charge in [0, 0.05) is 25.6 Å². The molecule has 2 N–H and O–H groups in total. The third-order valence-corrected chi connectivity index (χ3v) is 5.01. The summed E-state index contributed by atoms with van der Waals surface area (Å²) >= 11 is 0. The number of alkyl carbamates (subject to hydrolysis) is 1. The molecule has 2 amide bonds. The maximum absolute atomic E-state index is 12.8. The molecule has 1 aromatic heterocycles. The quantitative estimate of drug-likeness (QED) is 0.847. The molecule has 26 heavy (non-hydrogen) atoms. The van der Waals surface area contributed by atoms with Crippen molar-refractivity contribution in [1.29, 1.82) is 0 Å². The van der Waals surface area contributed by atoms with Crippen LogP contribution in [-0.2, 0) is 4.74 Å². The zero-order chi connectivity index (χ0) is 18.1. The number of hydrogen-bond donors (Lipinski definition) is 2. The fourth-order valence-corrected chi connectivity index (χ4v) is 3.60. The van der Waals surface area contributed by atoms with Gasteiger partial charge in [0.1, 0.15) is 11.3 Å². The van der Waals surface area contributed by atoms with E-state index in [4.69, 9.17) is 4.74 Å². The molecule has 2 aromatic rings. The van der Waals surface area contributed by atoms with E-state index in [1.807, 2.05) is 18.2 Å². The lowest BCUT2D eigenvalue weighted by molar-refractivity contribution is 0.0438. The Labute approximate surface area is 149 Å². The zero-order valence-electron chi connectivity index (χ0n) is 14.2. The molecule has 1 spiro atoms. The molecule has 2 saturated heterocycles. The highest BCUT2D eigenvalue weighted by Crippen LogP contribution is 2.29. The number of amides is 2. The Hall–Kier alpha value is -3.03. The van der Waals surface area contributed by atoms with Gasteiger partial charge in [-0.2, -0.15) is 0 Å². The molecular formula is C18H20N4O4. The molecule has 3 heterocycles. The first-order valence-electron chi connectivity index (χ1n) is 8.70. The van der Waals surface area contributed by atoms with Gasteiger partial charge in [0.15, 0.2) is 0 Å². The van der Waals surface area contributed by atoms with Gasteiger partial charge >= 0.3 is 6.09 Å². The molecule has 2 aliphatic heterocycles. The van der Waals surface area contributed by atoms with Crippen molar-refractivity contribution < 1.29 is 14.3 Å². The van der Waals surface area contributed by atoms with E-state index in [1.54, 1.807) is 17.0 Å². The summed E-state index contributed by atoms with van der Waals surface area (Å²) < 4.78 is 6.79. The van der Waals surface area contributed by atoms with Gasteiger partial charge in [-0.15, -0.1) is 0 Å². The highest BCUT2D eigenvalue weighted by atomic mass is 16.6. The van der Waals surface area contributed by atoms with E-state index >= 15 is 0 Å². The monoisotopic (exact) mass is 356 g/mol. The number of H-pyrrole nitrogens is 1. The Morgan fingerprint density at radius 2 is 1.92 bits per heavy atom. The number of likely N-dealkylation sites (tertiary alicyclic amines) is 1. The lowest BCUT2D eigenvalue weighted by atomic mass is 9.95. The van der Waals surface area contributed by atoms with Crippen LogP contribution in [0.3, 0.4) is 0 Å². The number of carbonyl (C=O) groups excluding carboxylic acids is 2. The van der Waals surface area contributed by atoms with Crippen LogP contribution >= 0.6 is 0 Å². The Morgan fingerprint density at radius 3 is 2.65 bits per heavy atom. The van der Waals surface area contributed by atoms with Crippen molar-refractivity contribution in [1.82, 2.24) is 20.0 Å². The summed E-state index contributed by atoms with van der Waals surface area (Å²) in [4.78, 5) is 38.2. The first kappa shape index (κ1) is 16.4. The molecule has 0 radical (unpaired) electrons. The molecule has 1 atom stereocenters. The van der Waals surface area contributed by atoms with E-state index in [1.165, 1.54) is 10.7 Å². The molecule has 1 unspecified atom stereocenters. The molecule has 0 saturated carbocycles. The summed E-state index contributed by atoms with van der Waals surface area (Å²) in [6, 6.07) is 10.4. The zero-order valence-corrected chi connectivity index (χ0v) is 14.2. The predicted octanol–water partition coefficient (Wildman–Crippen LogP) is 1.27. The summed E-state index contributed by atoms with van der Waals surface area (Å²) in [5.74, 6) is -0.217. The number of carbonyl (C=O) groups is 2. The molecule has 8 nitrogen and oxygen atoms in total. The van der Waals surface area contributed by atoms with Crippen LogP contribution in [-0.4, -0.2) is 51.9 Å². The van der Waals surface area contributed by atoms with Crippen LogP contribution < -0.4 is 10.9 Å². The molecule has 136 valence electrons. The predicted molar refractivity (Wildman–Crippen MR) is 93.4 cm³/mol. The minimum absolute atomic E-state index is 0.217. The SMILES string of the molecule is O=C1NCC2(CCCN(C(=O)c3cc(=O)n(-c4ccccc4)[nH]3)CC2)O1. The highest BCUT2D eigenvalue weighted by Gasteiger charge is 2.42. The van der Waals surface area contributed by atoms with Crippen LogP contribution in [0.2, 0.25) is 0 Å². The van der Waals surface area contributed by atoms with Crippen LogP contribution in [0, 0.1) is 0 Å². The largest absolute Gasteiger partial charge is 0.441 e. The average molecular weight is 356 g/mol. The molecule has 2 fully saturated rings. The van der Waals surface area contributed by atoms with Crippen molar-refractivity contribution in [2.45, 2.75) is 24.9 Å². The standard InChI is InChI=1S/C18H20N4O4/c23-15-11-14(20-22(15)13-5-2-1-3-6-13)16(24)21-9-4-7-18(8-10-21)12-19-17(25)26-18/h1-3,5-6,11,20H,4,7-10,12H2,(H,19,25). The van der Waals surface area contributed by atoms with Gasteiger partial charge in [-0.3, -0.25) is 14.7 Å². The number of rotatable bonds is 2. The highest BCUT2D eigenvalue weighted by molar-refractivity contribution is 5.92. The van der Waals surface area contributed by atoms with Gasteiger partial charge in [-0.25, -0.2) is 9.48 Å². The lowest BCUT2D eigenvalue weighted by Gasteiger charge is -2.24. The maximum atomic E-state index is 12.8. The van der Waals surface area contributed by atoms with Gasteiger partial charge < -0.3 is 15.0 Å². The summed E-state index contributed by atoms with van der Waals surface area (Å²) in [5.41, 5.74) is 0.140. The van der Waals surface area contributed by atoms with Crippen LogP contribution in [0.1, 0.15) is 29.8 Å². The third kappa shape index (κ3) is 2.98. The van der Waals surface area contributed by atoms with E-state index in [9.17, 15) is 14.4 Å². The summed E-state index contributed by atoms with van der Waals surface area (Å²) in [6.07, 6.45) is 1.65. The van der Waals surface area contributed by atoms with E-state index in [0.717, 1.165) is 12.8 Å². The Morgan fingerprint density at radius 1 is 1.12 bits per heavy atom. The van der Waals surface area contributed by atoms with E-state index < -0.39 is 11.7 Å². The van der Waals surface area contributed by atoms with E-state index in [-0.39, 0.29) is 17.2 Å². The molecule has 8 heteroatoms. The topological polar surface area (TPSA) is 96.4 Å². The number of ether oxygens (including phenoxy) is 1. The number of aromatic amines is 1. The van der Waals surface area contributed by atoms with Crippen LogP contribution in [0.25, 0.3) is 5.69 Å². The van der Waals surface area contributed by atoms with Crippen molar-refractivity contribution in [2.75, 3.05) is 19.6 Å². The average Bonchev–Trinajstić information content (AvgIpc) is 3.14. The maximum Gasteiger partial charge on any atom is 0.407 e. The smallest absolute Gasteiger partial charge is 0.407 e. The minimum Gasteiger partial charge on any atom is -0.441 e. The van der Waals surface area contributed by atoms with Crippen LogP contribution in [0.15, 0.2) is 41.2 Å². The molecular weight excluding hydrogens is 336 g/mol. The number of benzene rings is 1. The van der Waals surface area contributed by atoms with Crippen molar-refractivity contribution in [3.8, 4) is 5.69 Å². The van der Waals surface area contributed by atoms with Crippen molar-refractivity contribution in [3.63, 3.8) is 0 Å². The molecule has 0 bridgehead atoms. The molecule has 1 aromatic carbocycles. The van der Waals surface area contributed by atoms with E-state index in [2.05, 4.69) is 10.4 Å². The summed E-state index contributed by atoms with van der Waals surface area (Å²) in [5, 5.41) is 5.60. The Kier molecular flexibility index (Phi) is 4.02. The second-order valence-corrected chi connectivity index (χ2v) is 6.75. The number of hydrogen-bond acceptors (Lipinski definition) is 4. The van der Waals surface area contributed by atoms with Crippen molar-refractivity contribution in [3.05, 3.63) is 52.4 Å². The van der Waals surface area contributed by atoms with Gasteiger partial charge in [-0.05, 0) is 25.0 Å². The fraction of sp³-hybridized carbons (Fsp3) is 0.389. The normalized spacial score (nSPS) is 22.8. The third-order valence-electron chi connectivity index (χ3n) is 5.01. The second kappa shape index (κ2) is 6.36. The minimum atomic E-state index is -0.518. The molecule has 4 rings (SSSR count). The second-order valence-electron chi connectivity index (χ2n) is 6.75. The number of nitrogens with one attached hydrogen (secondary N) is 2. The molecule has 2 aliphatic rings. The molecule has 0 aliphatic carbocycles. The van der Waals surface area contributed by atoms with Gasteiger partial charge in [0.05, 0.1) is 12.2 Å². The lowest BCUT2D eigenvalue weighted by Crippen LogP contribution is -2.36. The Balaban J connectivity index is 1.51. The van der Waals surface area contributed by atoms with Gasteiger partial charge in [0.25, 0.3) is 11.5 Å². The van der Waals surface area contributed by atoms with Gasteiger partial charge in [-0.1, -0.05) is 18.2 Å². The van der Waals surface area contributed by atoms with Crippen molar-refractivity contribution >= 4 is 12.0 Å². The first-order valence-corrected chi connectivity index (χ1v) is 8.70. The van der Waals surface area contributed by atoms with Gasteiger partial charge in [0.2, 0.25) is 0 Å². The summed E-state index contributed by atoms with van der Waals surface area (Å²) in [7, 11) is 0. The first-order chi connectivity index (χ1) is 12.6. The van der Waals surface area contributed by atoms with Crippen LogP contribution in [0.4, 0.5) is 4.79 Å². The van der Waals surface area contributed by atoms with Crippen molar-refractivity contribution in [2.24, 2.45) is 0 Å². The number of para-hydroxylation sites is 1.